The summed E-state index contributed by atoms with van der Waals surface area (Å²) in [5.74, 6) is 1.21. The molecule has 0 radical (unpaired) electrons. The third-order valence-electron chi connectivity index (χ3n) is 2.59. The average molecular weight is 228 g/mol. The van der Waals surface area contributed by atoms with Gasteiger partial charge in [-0.3, -0.25) is 5.41 Å². The van der Waals surface area contributed by atoms with Crippen LogP contribution in [0, 0.1) is 5.41 Å². The fraction of sp³-hybridized carbons (Fsp3) is 0.231. The normalized spacial score (nSPS) is 10.4. The molecule has 4 heteroatoms. The van der Waals surface area contributed by atoms with E-state index in [0.717, 1.165) is 24.4 Å². The van der Waals surface area contributed by atoms with Crippen molar-refractivity contribution in [3.8, 4) is 11.4 Å². The van der Waals surface area contributed by atoms with Crippen molar-refractivity contribution in [1.29, 1.82) is 5.41 Å². The summed E-state index contributed by atoms with van der Waals surface area (Å²) < 4.78 is 2.10. The molecule has 0 amide bonds. The zero-order chi connectivity index (χ0) is 12.1. The predicted molar refractivity (Wildman–Crippen MR) is 68.8 cm³/mol. The molecule has 0 bridgehead atoms. The Bertz CT molecular complexity index is 487. The van der Waals surface area contributed by atoms with E-state index in [9.17, 15) is 0 Å². The first kappa shape index (κ1) is 11.4. The smallest absolute Gasteiger partial charge is 0.139 e. The Morgan fingerprint density at radius 3 is 2.76 bits per heavy atom. The van der Waals surface area contributed by atoms with Crippen LogP contribution >= 0.6 is 0 Å². The van der Waals surface area contributed by atoms with Crippen molar-refractivity contribution in [2.75, 3.05) is 0 Å². The third-order valence-corrected chi connectivity index (χ3v) is 2.59. The van der Waals surface area contributed by atoms with E-state index >= 15 is 0 Å². The Morgan fingerprint density at radius 2 is 2.06 bits per heavy atom. The van der Waals surface area contributed by atoms with Crippen molar-refractivity contribution in [2.45, 2.75) is 19.4 Å². The molecular formula is C13H16N4. The van der Waals surface area contributed by atoms with Gasteiger partial charge in [0.1, 0.15) is 5.82 Å². The highest BCUT2D eigenvalue weighted by Gasteiger charge is 2.04. The van der Waals surface area contributed by atoms with Crippen molar-refractivity contribution in [2.24, 2.45) is 5.73 Å². The van der Waals surface area contributed by atoms with Gasteiger partial charge in [-0.25, -0.2) is 4.98 Å². The molecule has 0 aliphatic carbocycles. The summed E-state index contributed by atoms with van der Waals surface area (Å²) in [6, 6.07) is 10.1. The molecule has 0 fully saturated rings. The van der Waals surface area contributed by atoms with Gasteiger partial charge in [0.15, 0.2) is 0 Å². The number of hydrogen-bond donors (Lipinski definition) is 2. The van der Waals surface area contributed by atoms with Crippen molar-refractivity contribution < 1.29 is 0 Å². The number of nitrogens with two attached hydrogens (primary N) is 1. The van der Waals surface area contributed by atoms with Crippen LogP contribution in [0.1, 0.15) is 12.8 Å². The van der Waals surface area contributed by atoms with Gasteiger partial charge < -0.3 is 10.3 Å². The minimum Gasteiger partial charge on any atom is -0.388 e. The van der Waals surface area contributed by atoms with Crippen molar-refractivity contribution >= 4 is 5.84 Å². The Morgan fingerprint density at radius 1 is 1.29 bits per heavy atom. The molecule has 1 aromatic heterocycles. The SMILES string of the molecule is N=C(N)CCCn1ccnc1-c1ccccc1. The van der Waals surface area contributed by atoms with Gasteiger partial charge in [0.2, 0.25) is 0 Å². The summed E-state index contributed by atoms with van der Waals surface area (Å²) in [4.78, 5) is 4.36. The monoisotopic (exact) mass is 228 g/mol. The molecule has 0 saturated carbocycles. The van der Waals surface area contributed by atoms with E-state index in [0.29, 0.717) is 6.42 Å². The topological polar surface area (TPSA) is 67.7 Å². The van der Waals surface area contributed by atoms with E-state index in [1.807, 2.05) is 36.5 Å². The molecule has 17 heavy (non-hydrogen) atoms. The molecule has 0 saturated heterocycles. The standard InChI is InChI=1S/C13H16N4/c14-12(15)7-4-9-17-10-8-16-13(17)11-5-2-1-3-6-11/h1-3,5-6,8,10H,4,7,9H2,(H3,14,15). The molecule has 4 nitrogen and oxygen atoms in total. The van der Waals surface area contributed by atoms with Gasteiger partial charge in [0, 0.05) is 30.9 Å². The number of hydrogen-bond acceptors (Lipinski definition) is 2. The number of imidazole rings is 1. The van der Waals surface area contributed by atoms with Crippen LogP contribution in [0.5, 0.6) is 0 Å². The lowest BCUT2D eigenvalue weighted by Crippen LogP contribution is -2.10. The highest BCUT2D eigenvalue weighted by Crippen LogP contribution is 2.17. The quantitative estimate of drug-likeness (QED) is 0.609. The predicted octanol–water partition coefficient (Wildman–Crippen LogP) is 2.27. The third kappa shape index (κ3) is 2.93. The number of benzene rings is 1. The van der Waals surface area contributed by atoms with Crippen LogP contribution in [0.25, 0.3) is 11.4 Å². The second kappa shape index (κ2) is 5.30. The molecule has 0 unspecified atom stereocenters. The highest BCUT2D eigenvalue weighted by atomic mass is 15.1. The van der Waals surface area contributed by atoms with Crippen molar-refractivity contribution in [1.82, 2.24) is 9.55 Å². The Hall–Kier alpha value is -2.10. The fourth-order valence-electron chi connectivity index (χ4n) is 1.78. The minimum absolute atomic E-state index is 0.242. The molecule has 2 rings (SSSR count). The second-order valence-corrected chi connectivity index (χ2v) is 3.94. The lowest BCUT2D eigenvalue weighted by Gasteiger charge is -2.07. The van der Waals surface area contributed by atoms with E-state index < -0.39 is 0 Å². The second-order valence-electron chi connectivity index (χ2n) is 3.94. The molecule has 1 heterocycles. The zero-order valence-corrected chi connectivity index (χ0v) is 9.63. The molecule has 3 N–H and O–H groups in total. The Kier molecular flexibility index (Phi) is 3.55. The summed E-state index contributed by atoms with van der Waals surface area (Å²) in [6.45, 7) is 0.837. The van der Waals surface area contributed by atoms with Crippen LogP contribution in [0.3, 0.4) is 0 Å². The summed E-state index contributed by atoms with van der Waals surface area (Å²) in [6.07, 6.45) is 5.26. The summed E-state index contributed by atoms with van der Waals surface area (Å²) in [7, 11) is 0. The number of amidine groups is 1. The molecular weight excluding hydrogens is 212 g/mol. The van der Waals surface area contributed by atoms with Gasteiger partial charge in [-0.05, 0) is 6.42 Å². The van der Waals surface area contributed by atoms with Gasteiger partial charge in [-0.15, -0.1) is 0 Å². The van der Waals surface area contributed by atoms with Crippen LogP contribution in [0.15, 0.2) is 42.7 Å². The minimum atomic E-state index is 0.242. The molecule has 0 aliphatic rings. The largest absolute Gasteiger partial charge is 0.388 e. The van der Waals surface area contributed by atoms with Gasteiger partial charge in [0.05, 0.1) is 5.84 Å². The molecule has 88 valence electrons. The van der Waals surface area contributed by atoms with Crippen molar-refractivity contribution in [3.05, 3.63) is 42.7 Å². The first-order valence-electron chi connectivity index (χ1n) is 5.67. The highest BCUT2D eigenvalue weighted by molar-refractivity contribution is 5.76. The van der Waals surface area contributed by atoms with Gasteiger partial charge in [-0.1, -0.05) is 30.3 Å². The Labute approximate surface area is 101 Å². The lowest BCUT2D eigenvalue weighted by atomic mass is 10.2. The number of rotatable bonds is 5. The molecule has 2 aromatic rings. The average Bonchev–Trinajstić information content (AvgIpc) is 2.78. The van der Waals surface area contributed by atoms with E-state index in [1.165, 1.54) is 0 Å². The van der Waals surface area contributed by atoms with Crippen molar-refractivity contribution in [3.63, 3.8) is 0 Å². The van der Waals surface area contributed by atoms with Crippen LogP contribution in [-0.4, -0.2) is 15.4 Å². The van der Waals surface area contributed by atoms with Crippen LogP contribution in [0.2, 0.25) is 0 Å². The first-order chi connectivity index (χ1) is 8.27. The molecule has 0 aliphatic heterocycles. The molecule has 0 spiro atoms. The lowest BCUT2D eigenvalue weighted by molar-refractivity contribution is 0.662. The van der Waals surface area contributed by atoms with E-state index in [2.05, 4.69) is 9.55 Å². The first-order valence-corrected chi connectivity index (χ1v) is 5.67. The maximum atomic E-state index is 7.19. The van der Waals surface area contributed by atoms with Crippen LogP contribution < -0.4 is 5.73 Å². The van der Waals surface area contributed by atoms with E-state index in [1.54, 1.807) is 6.20 Å². The van der Waals surface area contributed by atoms with Gasteiger partial charge in [-0.2, -0.15) is 0 Å². The Balaban J connectivity index is 2.10. The maximum absolute atomic E-state index is 7.19. The summed E-state index contributed by atoms with van der Waals surface area (Å²) in [5.41, 5.74) is 6.45. The number of aromatic nitrogens is 2. The van der Waals surface area contributed by atoms with Crippen LogP contribution in [-0.2, 0) is 6.54 Å². The summed E-state index contributed by atoms with van der Waals surface area (Å²) >= 11 is 0. The number of nitrogens with one attached hydrogen (secondary N) is 1. The molecule has 1 aromatic carbocycles. The molecule has 0 atom stereocenters. The van der Waals surface area contributed by atoms with E-state index in [4.69, 9.17) is 11.1 Å². The van der Waals surface area contributed by atoms with Crippen LogP contribution in [0.4, 0.5) is 0 Å². The van der Waals surface area contributed by atoms with E-state index in [-0.39, 0.29) is 5.84 Å². The fourth-order valence-corrected chi connectivity index (χ4v) is 1.78. The summed E-state index contributed by atoms with van der Waals surface area (Å²) in [5, 5.41) is 7.19. The maximum Gasteiger partial charge on any atom is 0.139 e. The van der Waals surface area contributed by atoms with Gasteiger partial charge >= 0.3 is 0 Å². The zero-order valence-electron chi connectivity index (χ0n) is 9.63. The van der Waals surface area contributed by atoms with Gasteiger partial charge in [0.25, 0.3) is 0 Å². The number of nitrogens with zero attached hydrogens (tertiary/aromatic N) is 2. The number of aryl methyl sites for hydroxylation is 1.